The Morgan fingerprint density at radius 3 is 2.47 bits per heavy atom. The molecule has 0 aromatic heterocycles. The van der Waals surface area contributed by atoms with E-state index >= 15 is 0 Å². The SMILES string of the molecule is C=CCNS(=O)(=O)Cc1ccc(C)cc1. The van der Waals surface area contributed by atoms with E-state index in [1.54, 1.807) is 0 Å². The highest BCUT2D eigenvalue weighted by atomic mass is 32.2. The normalized spacial score (nSPS) is 11.3. The average molecular weight is 225 g/mol. The van der Waals surface area contributed by atoms with Crippen LogP contribution in [0.15, 0.2) is 36.9 Å². The van der Waals surface area contributed by atoms with Gasteiger partial charge in [-0.3, -0.25) is 0 Å². The van der Waals surface area contributed by atoms with Gasteiger partial charge < -0.3 is 0 Å². The first-order valence-corrected chi connectivity index (χ1v) is 6.32. The molecule has 1 aromatic rings. The van der Waals surface area contributed by atoms with Gasteiger partial charge in [-0.1, -0.05) is 35.9 Å². The summed E-state index contributed by atoms with van der Waals surface area (Å²) < 4.78 is 25.4. The largest absolute Gasteiger partial charge is 0.216 e. The minimum Gasteiger partial charge on any atom is -0.212 e. The number of rotatable bonds is 5. The van der Waals surface area contributed by atoms with E-state index in [1.807, 2.05) is 31.2 Å². The van der Waals surface area contributed by atoms with Crippen LogP contribution in [0.4, 0.5) is 0 Å². The van der Waals surface area contributed by atoms with E-state index in [0.29, 0.717) is 0 Å². The molecular formula is C11H15NO2S. The summed E-state index contributed by atoms with van der Waals surface area (Å²) in [5.74, 6) is 0.0150. The van der Waals surface area contributed by atoms with Crippen molar-refractivity contribution in [2.24, 2.45) is 0 Å². The lowest BCUT2D eigenvalue weighted by molar-refractivity contribution is 0.585. The van der Waals surface area contributed by atoms with Crippen LogP contribution in [0.1, 0.15) is 11.1 Å². The molecule has 0 radical (unpaired) electrons. The van der Waals surface area contributed by atoms with Crippen molar-refractivity contribution in [3.8, 4) is 0 Å². The molecule has 1 aromatic carbocycles. The minimum absolute atomic E-state index is 0.0150. The van der Waals surface area contributed by atoms with Crippen LogP contribution in [0.2, 0.25) is 0 Å². The molecular weight excluding hydrogens is 210 g/mol. The minimum atomic E-state index is -3.23. The van der Waals surface area contributed by atoms with Crippen molar-refractivity contribution in [3.05, 3.63) is 48.0 Å². The van der Waals surface area contributed by atoms with Crippen molar-refractivity contribution in [1.82, 2.24) is 4.72 Å². The number of benzene rings is 1. The Morgan fingerprint density at radius 2 is 1.93 bits per heavy atom. The van der Waals surface area contributed by atoms with Crippen LogP contribution in [0.25, 0.3) is 0 Å². The van der Waals surface area contributed by atoms with E-state index < -0.39 is 10.0 Å². The Hall–Kier alpha value is -1.13. The summed E-state index contributed by atoms with van der Waals surface area (Å²) in [6, 6.07) is 7.45. The lowest BCUT2D eigenvalue weighted by atomic mass is 10.2. The van der Waals surface area contributed by atoms with Crippen LogP contribution < -0.4 is 4.72 Å². The summed E-state index contributed by atoms with van der Waals surface area (Å²) in [5, 5.41) is 0. The van der Waals surface area contributed by atoms with Gasteiger partial charge in [-0.15, -0.1) is 6.58 Å². The molecule has 0 heterocycles. The number of hydrogen-bond donors (Lipinski definition) is 1. The van der Waals surface area contributed by atoms with Crippen molar-refractivity contribution >= 4 is 10.0 Å². The van der Waals surface area contributed by atoms with Gasteiger partial charge in [0.2, 0.25) is 10.0 Å². The maximum absolute atomic E-state index is 11.5. The van der Waals surface area contributed by atoms with Crippen molar-refractivity contribution in [2.75, 3.05) is 6.54 Å². The fraction of sp³-hybridized carbons (Fsp3) is 0.273. The van der Waals surface area contributed by atoms with Gasteiger partial charge in [0, 0.05) is 6.54 Å². The number of aryl methyl sites for hydroxylation is 1. The fourth-order valence-electron chi connectivity index (χ4n) is 1.14. The van der Waals surface area contributed by atoms with Crippen LogP contribution in [-0.2, 0) is 15.8 Å². The molecule has 0 bridgehead atoms. The second-order valence-electron chi connectivity index (χ2n) is 3.38. The Balaban J connectivity index is 2.69. The average Bonchev–Trinajstić information content (AvgIpc) is 2.18. The van der Waals surface area contributed by atoms with E-state index in [-0.39, 0.29) is 12.3 Å². The molecule has 0 spiro atoms. The molecule has 0 unspecified atom stereocenters. The lowest BCUT2D eigenvalue weighted by Gasteiger charge is -2.04. The van der Waals surface area contributed by atoms with Gasteiger partial charge in [-0.05, 0) is 12.5 Å². The van der Waals surface area contributed by atoms with Crippen LogP contribution >= 0.6 is 0 Å². The van der Waals surface area contributed by atoms with Crippen LogP contribution in [0.3, 0.4) is 0 Å². The van der Waals surface area contributed by atoms with E-state index in [0.717, 1.165) is 11.1 Å². The summed E-state index contributed by atoms with van der Waals surface area (Å²) in [5.41, 5.74) is 1.91. The third-order valence-electron chi connectivity index (χ3n) is 1.92. The summed E-state index contributed by atoms with van der Waals surface area (Å²) in [7, 11) is -3.23. The van der Waals surface area contributed by atoms with Crippen LogP contribution in [0.5, 0.6) is 0 Å². The van der Waals surface area contributed by atoms with Gasteiger partial charge in [-0.25, -0.2) is 13.1 Å². The van der Waals surface area contributed by atoms with Crippen molar-refractivity contribution in [3.63, 3.8) is 0 Å². The number of sulfonamides is 1. The molecule has 0 aliphatic rings. The van der Waals surface area contributed by atoms with Gasteiger partial charge in [-0.2, -0.15) is 0 Å². The predicted octanol–water partition coefficient (Wildman–Crippen LogP) is 1.60. The fourth-order valence-corrected chi connectivity index (χ4v) is 2.25. The summed E-state index contributed by atoms with van der Waals surface area (Å²) in [6.45, 7) is 5.69. The molecule has 1 N–H and O–H groups in total. The zero-order chi connectivity index (χ0) is 11.3. The lowest BCUT2D eigenvalue weighted by Crippen LogP contribution is -2.25. The second kappa shape index (κ2) is 5.09. The summed E-state index contributed by atoms with van der Waals surface area (Å²) in [4.78, 5) is 0. The quantitative estimate of drug-likeness (QED) is 0.774. The standard InChI is InChI=1S/C11H15NO2S/c1-3-8-12-15(13,14)9-11-6-4-10(2)5-7-11/h3-7,12H,1,8-9H2,2H3. The zero-order valence-electron chi connectivity index (χ0n) is 8.73. The monoisotopic (exact) mass is 225 g/mol. The molecule has 15 heavy (non-hydrogen) atoms. The van der Waals surface area contributed by atoms with Gasteiger partial charge >= 0.3 is 0 Å². The van der Waals surface area contributed by atoms with E-state index in [2.05, 4.69) is 11.3 Å². The highest BCUT2D eigenvalue weighted by Crippen LogP contribution is 2.06. The molecule has 0 atom stereocenters. The van der Waals surface area contributed by atoms with Crippen molar-refractivity contribution in [1.29, 1.82) is 0 Å². The summed E-state index contributed by atoms with van der Waals surface area (Å²) in [6.07, 6.45) is 1.52. The first kappa shape index (κ1) is 11.9. The molecule has 0 amide bonds. The number of nitrogens with one attached hydrogen (secondary N) is 1. The second-order valence-corrected chi connectivity index (χ2v) is 5.19. The Labute approximate surface area is 90.9 Å². The predicted molar refractivity (Wildman–Crippen MR) is 62.0 cm³/mol. The molecule has 0 saturated carbocycles. The molecule has 4 heteroatoms. The molecule has 82 valence electrons. The highest BCUT2D eigenvalue weighted by Gasteiger charge is 2.09. The molecule has 0 aliphatic heterocycles. The van der Waals surface area contributed by atoms with Crippen molar-refractivity contribution in [2.45, 2.75) is 12.7 Å². The molecule has 3 nitrogen and oxygen atoms in total. The van der Waals surface area contributed by atoms with Crippen LogP contribution in [-0.4, -0.2) is 15.0 Å². The van der Waals surface area contributed by atoms with Gasteiger partial charge in [0.1, 0.15) is 0 Å². The first-order valence-electron chi connectivity index (χ1n) is 4.67. The topological polar surface area (TPSA) is 46.2 Å². The van der Waals surface area contributed by atoms with Gasteiger partial charge in [0.05, 0.1) is 5.75 Å². The third kappa shape index (κ3) is 4.27. The van der Waals surface area contributed by atoms with E-state index in [9.17, 15) is 8.42 Å². The molecule has 1 rings (SSSR count). The maximum Gasteiger partial charge on any atom is 0.216 e. The smallest absolute Gasteiger partial charge is 0.212 e. The number of hydrogen-bond acceptors (Lipinski definition) is 2. The molecule has 0 fully saturated rings. The summed E-state index contributed by atoms with van der Waals surface area (Å²) >= 11 is 0. The maximum atomic E-state index is 11.5. The molecule has 0 saturated heterocycles. The van der Waals surface area contributed by atoms with Gasteiger partial charge in [0.25, 0.3) is 0 Å². The Kier molecular flexibility index (Phi) is 4.05. The molecule has 0 aliphatic carbocycles. The van der Waals surface area contributed by atoms with Crippen molar-refractivity contribution < 1.29 is 8.42 Å². The highest BCUT2D eigenvalue weighted by molar-refractivity contribution is 7.88. The van der Waals surface area contributed by atoms with Gasteiger partial charge in [0.15, 0.2) is 0 Å². The first-order chi connectivity index (χ1) is 7.03. The van der Waals surface area contributed by atoms with Crippen LogP contribution in [0, 0.1) is 6.92 Å². The zero-order valence-corrected chi connectivity index (χ0v) is 9.55. The third-order valence-corrected chi connectivity index (χ3v) is 3.24. The Morgan fingerprint density at radius 1 is 1.33 bits per heavy atom. The van der Waals surface area contributed by atoms with E-state index in [1.165, 1.54) is 6.08 Å². The van der Waals surface area contributed by atoms with E-state index in [4.69, 9.17) is 0 Å². The Bertz CT molecular complexity index is 420.